The number of aromatic amines is 1. The molecule has 0 bridgehead atoms. The van der Waals surface area contributed by atoms with Crippen LogP contribution in [0.4, 0.5) is 9.18 Å². The Hall–Kier alpha value is -3.50. The number of ether oxygens (including phenoxy) is 2. The van der Waals surface area contributed by atoms with Gasteiger partial charge >= 0.3 is 6.09 Å². The Morgan fingerprint density at radius 2 is 2.22 bits per heavy atom. The second-order valence-electron chi connectivity index (χ2n) is 8.73. The van der Waals surface area contributed by atoms with Crippen LogP contribution in [0.25, 0.3) is 11.0 Å². The van der Waals surface area contributed by atoms with Crippen LogP contribution in [-0.4, -0.2) is 72.6 Å². The maximum absolute atomic E-state index is 12.9. The number of aromatic nitrogens is 2. The molecule has 2 aromatic heterocycles. The summed E-state index contributed by atoms with van der Waals surface area (Å²) in [7, 11) is 1.54. The highest BCUT2D eigenvalue weighted by Crippen LogP contribution is 2.27. The van der Waals surface area contributed by atoms with Crippen molar-refractivity contribution in [2.75, 3.05) is 33.4 Å². The normalized spacial score (nSPS) is 17.4. The van der Waals surface area contributed by atoms with Crippen LogP contribution in [0.15, 0.2) is 52.7 Å². The Bertz CT molecular complexity index is 1280. The Balaban J connectivity index is 1.39. The molecule has 3 heterocycles. The van der Waals surface area contributed by atoms with Crippen LogP contribution >= 0.6 is 11.6 Å². The number of likely N-dealkylation sites (tertiary alicyclic amines) is 1. The van der Waals surface area contributed by atoms with Crippen molar-refractivity contribution in [2.24, 2.45) is 15.9 Å². The lowest BCUT2D eigenvalue weighted by Gasteiger charge is -2.32. The quantitative estimate of drug-likeness (QED) is 0.321. The van der Waals surface area contributed by atoms with Gasteiger partial charge in [0.05, 0.1) is 18.3 Å². The predicted octanol–water partition coefficient (Wildman–Crippen LogP) is 4.86. The summed E-state index contributed by atoms with van der Waals surface area (Å²) in [5.41, 5.74) is 1.33. The van der Waals surface area contributed by atoms with E-state index in [4.69, 9.17) is 21.1 Å². The van der Waals surface area contributed by atoms with Gasteiger partial charge in [0.25, 0.3) is 0 Å². The summed E-state index contributed by atoms with van der Waals surface area (Å²) in [6.07, 6.45) is 5.61. The van der Waals surface area contributed by atoms with Crippen LogP contribution in [0, 0.1) is 5.92 Å². The molecule has 2 atom stereocenters. The summed E-state index contributed by atoms with van der Waals surface area (Å²) in [6, 6.07) is 8.85. The molecule has 1 aromatic carbocycles. The third kappa shape index (κ3) is 6.84. The first-order valence-corrected chi connectivity index (χ1v) is 12.5. The molecule has 1 amide bonds. The van der Waals surface area contributed by atoms with Crippen molar-refractivity contribution >= 4 is 40.8 Å². The van der Waals surface area contributed by atoms with Gasteiger partial charge in [-0.3, -0.25) is 5.32 Å². The average Bonchev–Trinajstić information content (AvgIpc) is 3.33. The van der Waals surface area contributed by atoms with Crippen molar-refractivity contribution < 1.29 is 18.7 Å². The molecule has 4 rings (SSSR count). The van der Waals surface area contributed by atoms with Gasteiger partial charge in [0.15, 0.2) is 17.3 Å². The number of halogens is 2. The fourth-order valence-corrected chi connectivity index (χ4v) is 4.44. The summed E-state index contributed by atoms with van der Waals surface area (Å²) in [6.45, 7) is 3.05. The molecule has 196 valence electrons. The molecule has 1 aliphatic rings. The van der Waals surface area contributed by atoms with Crippen molar-refractivity contribution in [3.05, 3.63) is 53.3 Å². The second kappa shape index (κ2) is 12.6. The van der Waals surface area contributed by atoms with E-state index in [-0.39, 0.29) is 12.1 Å². The smallest absolute Gasteiger partial charge is 0.415 e. The standard InChI is InChI=1S/C26H30ClFN6O3/c1-17(33-25(29-10-9-28)21-15-32-24-20(21)12-19(27)14-31-24)30-13-18-6-5-11-34(16-18)26(35)37-23-8-4-3-7-22(23)36-2/h3-4,7-8,10,12,14-15,17-18,30H,5-6,9,11,13,16H2,1-2H3,(H,31,32). The molecule has 11 heteroatoms. The van der Waals surface area contributed by atoms with Crippen LogP contribution in [0.1, 0.15) is 25.3 Å². The molecule has 2 N–H and O–H groups in total. The maximum atomic E-state index is 12.9. The molecule has 9 nitrogen and oxygen atoms in total. The Kier molecular flexibility index (Phi) is 9.08. The Labute approximate surface area is 219 Å². The number of rotatable bonds is 8. The molecule has 0 aliphatic carbocycles. The number of carbonyl (C=O) groups is 1. The molecule has 0 radical (unpaired) electrons. The summed E-state index contributed by atoms with van der Waals surface area (Å²) in [5, 5.41) is 4.64. The number of benzene rings is 1. The van der Waals surface area contributed by atoms with Gasteiger partial charge in [0.2, 0.25) is 0 Å². The van der Waals surface area contributed by atoms with E-state index >= 15 is 0 Å². The third-order valence-electron chi connectivity index (χ3n) is 6.08. The number of nitrogens with one attached hydrogen (secondary N) is 2. The minimum absolute atomic E-state index is 0.227. The van der Waals surface area contributed by atoms with Crippen LogP contribution in [0.3, 0.4) is 0 Å². The topological polar surface area (TPSA) is 104 Å². The molecule has 3 aromatic rings. The van der Waals surface area contributed by atoms with Gasteiger partial charge in [0, 0.05) is 49.2 Å². The number of hydrogen-bond acceptors (Lipinski definition) is 6. The number of fused-ring (bicyclic) bond motifs is 1. The zero-order valence-electron chi connectivity index (χ0n) is 20.8. The predicted molar refractivity (Wildman–Crippen MR) is 143 cm³/mol. The van der Waals surface area contributed by atoms with Crippen molar-refractivity contribution in [3.63, 3.8) is 0 Å². The van der Waals surface area contributed by atoms with Gasteiger partial charge in [-0.05, 0) is 43.9 Å². The lowest BCUT2D eigenvalue weighted by Crippen LogP contribution is -2.45. The van der Waals surface area contributed by atoms with E-state index in [0.29, 0.717) is 53.2 Å². The van der Waals surface area contributed by atoms with Gasteiger partial charge < -0.3 is 19.4 Å². The van der Waals surface area contributed by atoms with Crippen molar-refractivity contribution in [2.45, 2.75) is 25.9 Å². The number of methoxy groups -OCH3 is 1. The lowest BCUT2D eigenvalue weighted by molar-refractivity contribution is 0.124. The van der Waals surface area contributed by atoms with E-state index in [2.05, 4.69) is 25.3 Å². The monoisotopic (exact) mass is 528 g/mol. The number of nitrogens with zero attached hydrogens (tertiary/aromatic N) is 4. The number of amides is 1. The maximum Gasteiger partial charge on any atom is 0.415 e. The zero-order valence-corrected chi connectivity index (χ0v) is 21.5. The molecular weight excluding hydrogens is 499 g/mol. The third-order valence-corrected chi connectivity index (χ3v) is 6.29. The number of pyridine rings is 1. The van der Waals surface area contributed by atoms with Gasteiger partial charge in [0.1, 0.15) is 12.3 Å². The fraction of sp³-hybridized carbons (Fsp3) is 0.385. The van der Waals surface area contributed by atoms with Crippen LogP contribution < -0.4 is 14.8 Å². The number of hydrogen-bond donors (Lipinski definition) is 2. The van der Waals surface area contributed by atoms with Crippen molar-refractivity contribution in [3.8, 4) is 11.5 Å². The fourth-order valence-electron chi connectivity index (χ4n) is 4.28. The number of carbonyl (C=O) groups excluding carboxylic acids is 1. The molecule has 2 unspecified atom stereocenters. The van der Waals surface area contributed by atoms with E-state index in [1.54, 1.807) is 41.6 Å². The highest BCUT2D eigenvalue weighted by Gasteiger charge is 2.26. The van der Waals surface area contributed by atoms with E-state index in [0.717, 1.165) is 18.2 Å². The molecule has 1 fully saturated rings. The molecule has 1 aliphatic heterocycles. The first-order valence-electron chi connectivity index (χ1n) is 12.1. The number of para-hydroxylation sites is 2. The number of piperidine rings is 1. The molecule has 0 saturated carbocycles. The highest BCUT2D eigenvalue weighted by molar-refractivity contribution is 6.31. The number of alkyl halides is 1. The SMILES string of the molecule is COc1ccccc1OC(=O)N1CCCC(CNC(C)N=C(N=CCF)c2c[nH]c3ncc(Cl)cc23)C1. The van der Waals surface area contributed by atoms with Crippen molar-refractivity contribution in [1.29, 1.82) is 0 Å². The summed E-state index contributed by atoms with van der Waals surface area (Å²) in [5.74, 6) is 1.51. The number of amidine groups is 1. The molecule has 1 saturated heterocycles. The highest BCUT2D eigenvalue weighted by atomic mass is 35.5. The average molecular weight is 529 g/mol. The molecule has 0 spiro atoms. The van der Waals surface area contributed by atoms with Gasteiger partial charge in [-0.15, -0.1) is 0 Å². The van der Waals surface area contributed by atoms with Crippen LogP contribution in [-0.2, 0) is 0 Å². The minimum atomic E-state index is -0.703. The van der Waals surface area contributed by atoms with Crippen LogP contribution in [0.5, 0.6) is 11.5 Å². The largest absolute Gasteiger partial charge is 0.493 e. The molecule has 37 heavy (non-hydrogen) atoms. The van der Waals surface area contributed by atoms with Crippen LogP contribution in [0.2, 0.25) is 5.02 Å². The summed E-state index contributed by atoms with van der Waals surface area (Å²) >= 11 is 6.12. The number of H-pyrrole nitrogens is 1. The molecular formula is C26H30ClFN6O3. The van der Waals surface area contributed by atoms with Gasteiger partial charge in [-0.1, -0.05) is 23.7 Å². The Morgan fingerprint density at radius 1 is 1.41 bits per heavy atom. The first-order chi connectivity index (χ1) is 18.0. The summed E-state index contributed by atoms with van der Waals surface area (Å²) < 4.78 is 23.7. The van der Waals surface area contributed by atoms with E-state index in [1.807, 2.05) is 13.0 Å². The second-order valence-corrected chi connectivity index (χ2v) is 9.16. The minimum Gasteiger partial charge on any atom is -0.493 e. The summed E-state index contributed by atoms with van der Waals surface area (Å²) in [4.78, 5) is 30.7. The van der Waals surface area contributed by atoms with E-state index < -0.39 is 12.8 Å². The van der Waals surface area contributed by atoms with E-state index in [9.17, 15) is 9.18 Å². The number of aliphatic imine (C=N–C) groups is 2. The first kappa shape index (κ1) is 26.6. The van der Waals surface area contributed by atoms with E-state index in [1.165, 1.54) is 13.3 Å². The Morgan fingerprint density at radius 3 is 3.00 bits per heavy atom. The lowest BCUT2D eigenvalue weighted by atomic mass is 9.98. The zero-order chi connectivity index (χ0) is 26.2. The van der Waals surface area contributed by atoms with Crippen molar-refractivity contribution in [1.82, 2.24) is 20.2 Å². The van der Waals surface area contributed by atoms with Gasteiger partial charge in [-0.2, -0.15) is 0 Å². The van der Waals surface area contributed by atoms with Gasteiger partial charge in [-0.25, -0.2) is 24.2 Å².